The van der Waals surface area contributed by atoms with E-state index in [1.807, 2.05) is 6.92 Å². The highest BCUT2D eigenvalue weighted by atomic mass is 35.5. The van der Waals surface area contributed by atoms with Crippen molar-refractivity contribution in [1.82, 2.24) is 10.3 Å². The number of nitrogens with zero attached hydrogens (tertiary/aromatic N) is 1. The van der Waals surface area contributed by atoms with Crippen molar-refractivity contribution in [3.63, 3.8) is 0 Å². The van der Waals surface area contributed by atoms with Gasteiger partial charge in [-0.15, -0.1) is 0 Å². The van der Waals surface area contributed by atoms with Crippen molar-refractivity contribution in [1.29, 1.82) is 0 Å². The van der Waals surface area contributed by atoms with Crippen LogP contribution in [0.2, 0.25) is 10.0 Å². The number of anilines is 1. The lowest BCUT2D eigenvalue weighted by atomic mass is 10.1. The molecule has 1 aromatic carbocycles. The van der Waals surface area contributed by atoms with E-state index in [1.165, 1.54) is 12.3 Å². The number of halogens is 2. The Kier molecular flexibility index (Phi) is 4.47. The molecule has 3 N–H and O–H groups in total. The van der Waals surface area contributed by atoms with E-state index in [4.69, 9.17) is 28.9 Å². The molecule has 0 aliphatic carbocycles. The van der Waals surface area contributed by atoms with Crippen LogP contribution < -0.4 is 11.1 Å². The van der Waals surface area contributed by atoms with Crippen molar-refractivity contribution in [3.05, 3.63) is 57.7 Å². The Bertz CT molecular complexity index is 646. The molecular weight excluding hydrogens is 297 g/mol. The normalized spacial score (nSPS) is 11.9. The maximum absolute atomic E-state index is 12.1. The molecule has 0 bridgehead atoms. The van der Waals surface area contributed by atoms with Crippen molar-refractivity contribution in [2.45, 2.75) is 13.0 Å². The minimum Gasteiger partial charge on any atom is -0.384 e. The molecule has 0 spiro atoms. The molecule has 2 aromatic rings. The number of hydrogen-bond donors (Lipinski definition) is 2. The molecule has 1 heterocycles. The fourth-order valence-electron chi connectivity index (χ4n) is 1.80. The lowest BCUT2D eigenvalue weighted by Gasteiger charge is -2.16. The van der Waals surface area contributed by atoms with Crippen molar-refractivity contribution >= 4 is 34.9 Å². The van der Waals surface area contributed by atoms with Crippen LogP contribution in [-0.4, -0.2) is 10.9 Å². The molecule has 2 rings (SSSR count). The van der Waals surface area contributed by atoms with E-state index in [1.54, 1.807) is 24.3 Å². The van der Waals surface area contributed by atoms with Gasteiger partial charge in [0.1, 0.15) is 5.82 Å². The number of benzene rings is 1. The van der Waals surface area contributed by atoms with Gasteiger partial charge in [0.2, 0.25) is 0 Å². The summed E-state index contributed by atoms with van der Waals surface area (Å²) in [5.74, 6) is 0.0624. The lowest BCUT2D eigenvalue weighted by molar-refractivity contribution is 0.0940. The van der Waals surface area contributed by atoms with Crippen LogP contribution in [0.1, 0.15) is 28.9 Å². The Morgan fingerprint density at radius 1 is 1.30 bits per heavy atom. The van der Waals surface area contributed by atoms with Gasteiger partial charge in [-0.1, -0.05) is 29.3 Å². The van der Waals surface area contributed by atoms with Crippen LogP contribution in [0.25, 0.3) is 0 Å². The third-order valence-electron chi connectivity index (χ3n) is 2.82. The molecule has 0 aliphatic heterocycles. The lowest BCUT2D eigenvalue weighted by Crippen LogP contribution is -2.27. The van der Waals surface area contributed by atoms with Crippen LogP contribution in [0.15, 0.2) is 36.5 Å². The summed E-state index contributed by atoms with van der Waals surface area (Å²) < 4.78 is 0. The van der Waals surface area contributed by atoms with Crippen LogP contribution in [-0.2, 0) is 0 Å². The molecule has 0 saturated carbocycles. The number of aromatic nitrogens is 1. The van der Waals surface area contributed by atoms with Gasteiger partial charge >= 0.3 is 0 Å². The van der Waals surface area contributed by atoms with Gasteiger partial charge in [0.25, 0.3) is 5.91 Å². The second-order valence-corrected chi connectivity index (χ2v) is 5.17. The molecule has 1 atom stereocenters. The fraction of sp³-hybridized carbons (Fsp3) is 0.143. The molecule has 1 unspecified atom stereocenters. The van der Waals surface area contributed by atoms with E-state index in [9.17, 15) is 4.79 Å². The molecule has 6 heteroatoms. The highest BCUT2D eigenvalue weighted by molar-refractivity contribution is 6.35. The second-order valence-electron chi connectivity index (χ2n) is 4.33. The third-order valence-corrected chi connectivity index (χ3v) is 3.38. The van der Waals surface area contributed by atoms with E-state index < -0.39 is 0 Å². The number of carbonyl (C=O) groups excluding carboxylic acids is 1. The highest BCUT2D eigenvalue weighted by Gasteiger charge is 2.14. The summed E-state index contributed by atoms with van der Waals surface area (Å²) in [5.41, 5.74) is 6.80. The van der Waals surface area contributed by atoms with Crippen molar-refractivity contribution < 1.29 is 4.79 Å². The summed E-state index contributed by atoms with van der Waals surface area (Å²) in [5, 5.41) is 3.92. The molecule has 4 nitrogen and oxygen atoms in total. The summed E-state index contributed by atoms with van der Waals surface area (Å²) in [6.45, 7) is 1.84. The smallest absolute Gasteiger partial charge is 0.251 e. The van der Waals surface area contributed by atoms with Crippen LogP contribution in [0, 0.1) is 0 Å². The topological polar surface area (TPSA) is 68.0 Å². The summed E-state index contributed by atoms with van der Waals surface area (Å²) in [6.07, 6.45) is 1.49. The number of pyridine rings is 1. The molecule has 104 valence electrons. The minimum atomic E-state index is -0.248. The van der Waals surface area contributed by atoms with Crippen molar-refractivity contribution in [2.75, 3.05) is 5.73 Å². The largest absolute Gasteiger partial charge is 0.384 e. The first-order valence-corrected chi connectivity index (χ1v) is 6.70. The Morgan fingerprint density at radius 2 is 2.05 bits per heavy atom. The van der Waals surface area contributed by atoms with Gasteiger partial charge in [0, 0.05) is 21.8 Å². The van der Waals surface area contributed by atoms with Crippen molar-refractivity contribution in [2.24, 2.45) is 0 Å². The van der Waals surface area contributed by atoms with Gasteiger partial charge in [-0.05, 0) is 36.8 Å². The first kappa shape index (κ1) is 14.6. The summed E-state index contributed by atoms with van der Waals surface area (Å²) in [7, 11) is 0. The zero-order valence-corrected chi connectivity index (χ0v) is 12.2. The molecule has 0 saturated heterocycles. The second kappa shape index (κ2) is 6.11. The van der Waals surface area contributed by atoms with Gasteiger partial charge < -0.3 is 11.1 Å². The Hall–Kier alpha value is -1.78. The fourth-order valence-corrected chi connectivity index (χ4v) is 2.37. The van der Waals surface area contributed by atoms with Crippen LogP contribution in [0.4, 0.5) is 5.82 Å². The third kappa shape index (κ3) is 3.40. The number of nitrogens with one attached hydrogen (secondary N) is 1. The van der Waals surface area contributed by atoms with E-state index >= 15 is 0 Å². The number of nitrogens with two attached hydrogens (primary N) is 1. The van der Waals surface area contributed by atoms with E-state index in [-0.39, 0.29) is 11.9 Å². The predicted molar refractivity (Wildman–Crippen MR) is 81.0 cm³/mol. The number of rotatable bonds is 3. The maximum Gasteiger partial charge on any atom is 0.251 e. The molecule has 1 amide bonds. The first-order valence-electron chi connectivity index (χ1n) is 5.94. The molecule has 1 aromatic heterocycles. The maximum atomic E-state index is 12.1. The predicted octanol–water partition coefficient (Wildman–Crippen LogP) is 3.46. The quantitative estimate of drug-likeness (QED) is 0.912. The Morgan fingerprint density at radius 3 is 2.70 bits per heavy atom. The molecule has 0 fully saturated rings. The number of carbonyl (C=O) groups is 1. The Labute approximate surface area is 126 Å². The van der Waals surface area contributed by atoms with Crippen molar-refractivity contribution in [3.8, 4) is 0 Å². The molecule has 20 heavy (non-hydrogen) atoms. The summed E-state index contributed by atoms with van der Waals surface area (Å²) in [4.78, 5) is 15.9. The molecule has 0 aliphatic rings. The molecule has 0 radical (unpaired) electrons. The summed E-state index contributed by atoms with van der Waals surface area (Å²) >= 11 is 12.0. The zero-order valence-electron chi connectivity index (χ0n) is 10.7. The van der Waals surface area contributed by atoms with Gasteiger partial charge in [0.05, 0.1) is 6.04 Å². The number of amides is 1. The Balaban J connectivity index is 2.15. The van der Waals surface area contributed by atoms with E-state index in [2.05, 4.69) is 10.3 Å². The zero-order chi connectivity index (χ0) is 14.7. The highest BCUT2D eigenvalue weighted by Crippen LogP contribution is 2.26. The van der Waals surface area contributed by atoms with Crippen LogP contribution in [0.5, 0.6) is 0 Å². The van der Waals surface area contributed by atoms with Gasteiger partial charge in [0.15, 0.2) is 0 Å². The van der Waals surface area contributed by atoms with Crippen LogP contribution >= 0.6 is 23.2 Å². The average molecular weight is 310 g/mol. The van der Waals surface area contributed by atoms with Gasteiger partial charge in [-0.25, -0.2) is 4.98 Å². The number of hydrogen-bond acceptors (Lipinski definition) is 3. The monoisotopic (exact) mass is 309 g/mol. The SMILES string of the molecule is CC(NC(=O)c1ccnc(N)c1)c1ccc(Cl)cc1Cl. The van der Waals surface area contributed by atoms with E-state index in [0.717, 1.165) is 5.56 Å². The van der Waals surface area contributed by atoms with Gasteiger partial charge in [-0.2, -0.15) is 0 Å². The number of nitrogen functional groups attached to an aromatic ring is 1. The first-order chi connectivity index (χ1) is 9.47. The summed E-state index contributed by atoms with van der Waals surface area (Å²) in [6, 6.07) is 8.03. The minimum absolute atomic E-state index is 0.238. The molecular formula is C14H13Cl2N3O. The van der Waals surface area contributed by atoms with Crippen LogP contribution in [0.3, 0.4) is 0 Å². The average Bonchev–Trinajstić information content (AvgIpc) is 2.38. The van der Waals surface area contributed by atoms with E-state index in [0.29, 0.717) is 21.4 Å². The standard InChI is InChI=1S/C14H13Cl2N3O/c1-8(11-3-2-10(15)7-12(11)16)19-14(20)9-4-5-18-13(17)6-9/h2-8H,1H3,(H2,17,18)(H,19,20). The van der Waals surface area contributed by atoms with Gasteiger partial charge in [-0.3, -0.25) is 4.79 Å².